The molecule has 0 aliphatic heterocycles. The monoisotopic (exact) mass is 412 g/mol. The van der Waals surface area contributed by atoms with Gasteiger partial charge in [0, 0.05) is 9.93 Å². The van der Waals surface area contributed by atoms with Crippen molar-refractivity contribution in [1.82, 2.24) is 0 Å². The molecular weight excluding hydrogens is 404 g/mol. The van der Waals surface area contributed by atoms with Crippen LogP contribution in [0.1, 0.15) is 7.43 Å². The van der Waals surface area contributed by atoms with E-state index in [4.69, 9.17) is 9.93 Å². The molecule has 0 saturated heterocycles. The Kier molecular flexibility index (Phi) is 643. The second-order valence-corrected chi connectivity index (χ2v) is 2.73. The topological polar surface area (TPSA) is 65.6 Å². The van der Waals surface area contributed by atoms with E-state index < -0.39 is 0 Å². The first kappa shape index (κ1) is 42.0. The summed E-state index contributed by atoms with van der Waals surface area (Å²) in [6.45, 7) is 0. The van der Waals surface area contributed by atoms with Crippen LogP contribution in [0.5, 0.6) is 0 Å². The first-order valence-corrected chi connectivity index (χ1v) is 4.91. The van der Waals surface area contributed by atoms with Crippen molar-refractivity contribution in [2.24, 2.45) is 0 Å². The molecular formula is C3H12Br4O3. The van der Waals surface area contributed by atoms with Gasteiger partial charge in [0.1, 0.15) is 0 Å². The van der Waals surface area contributed by atoms with Gasteiger partial charge in [-0.25, -0.2) is 0 Å². The van der Waals surface area contributed by atoms with Crippen molar-refractivity contribution in [3.05, 3.63) is 9.93 Å². The summed E-state index contributed by atoms with van der Waals surface area (Å²) in [5, 5.41) is 0. The molecule has 0 aromatic carbocycles. The van der Waals surface area contributed by atoms with Gasteiger partial charge in [-0.2, -0.15) is 0 Å². The van der Waals surface area contributed by atoms with Gasteiger partial charge in [0.05, 0.1) is 4.24 Å². The zero-order chi connectivity index (χ0) is 6.71. The molecule has 0 aromatic heterocycles. The third kappa shape index (κ3) is 311. The van der Waals surface area contributed by atoms with Gasteiger partial charge in [-0.3, -0.25) is 0 Å². The maximum absolute atomic E-state index is 7.00. The fraction of sp³-hybridized carbons (Fsp3) is 1.00. The van der Waals surface area contributed by atoms with Crippen LogP contribution in [0.25, 0.3) is 0 Å². The minimum atomic E-state index is 0. The van der Waals surface area contributed by atoms with Crippen molar-refractivity contribution in [1.29, 1.82) is 0 Å². The van der Waals surface area contributed by atoms with Crippen molar-refractivity contribution in [3.63, 3.8) is 0 Å². The maximum atomic E-state index is 7.00. The molecule has 70 valence electrons. The van der Waals surface area contributed by atoms with Crippen molar-refractivity contribution in [2.45, 2.75) is 7.43 Å². The molecule has 2 N–H and O–H groups in total. The van der Waals surface area contributed by atoms with Crippen LogP contribution in [0.2, 0.25) is 0 Å². The summed E-state index contributed by atoms with van der Waals surface area (Å²) in [5.74, 6) is 1.81. The Morgan fingerprint density at radius 2 is 1.10 bits per heavy atom. The van der Waals surface area contributed by atoms with Crippen LogP contribution in [-0.4, -0.2) is 15.5 Å². The fourth-order valence-corrected chi connectivity index (χ4v) is 0. The van der Waals surface area contributed by atoms with Gasteiger partial charge in [-0.05, 0) is 5.83 Å². The van der Waals surface area contributed by atoms with Gasteiger partial charge in [0.2, 0.25) is 0 Å². The van der Waals surface area contributed by atoms with E-state index in [2.05, 4.69) is 47.8 Å². The quantitative estimate of drug-likeness (QED) is 0.570. The zero-order valence-corrected chi connectivity index (χ0v) is 11.0. The minimum absolute atomic E-state index is 0. The predicted molar refractivity (Wildman–Crippen MR) is 65.0 cm³/mol. The first-order valence-electron chi connectivity index (χ1n) is 1.08. The van der Waals surface area contributed by atoms with E-state index in [9.17, 15) is 0 Å². The van der Waals surface area contributed by atoms with Crippen LogP contribution >= 0.6 is 64.8 Å². The molecule has 7 heteroatoms. The minimum Gasteiger partial charge on any atom is -0.412 e. The van der Waals surface area contributed by atoms with E-state index in [1.807, 2.05) is 5.83 Å². The lowest BCUT2D eigenvalue weighted by Gasteiger charge is -1.43. The van der Waals surface area contributed by atoms with Gasteiger partial charge >= 0.3 is 0 Å². The van der Waals surface area contributed by atoms with Crippen LogP contribution in [0.15, 0.2) is 0 Å². The molecule has 0 spiro atoms. The van der Waals surface area contributed by atoms with Crippen molar-refractivity contribution in [3.8, 4) is 0 Å². The lowest BCUT2D eigenvalue weighted by Crippen LogP contribution is -1.19. The number of halogens is 4. The summed E-state index contributed by atoms with van der Waals surface area (Å²) >= 11 is 9.06. The Morgan fingerprint density at radius 3 is 1.10 bits per heavy atom. The Labute approximate surface area is 97.0 Å². The molecule has 0 atom stereocenters. The molecule has 0 unspecified atom stereocenters. The van der Waals surface area contributed by atoms with Crippen LogP contribution < -0.4 is 0 Å². The van der Waals surface area contributed by atoms with Crippen LogP contribution in [0, 0.1) is 9.93 Å². The van der Waals surface area contributed by atoms with Crippen molar-refractivity contribution >= 4 is 64.8 Å². The zero-order valence-electron chi connectivity index (χ0n) is 4.57. The van der Waals surface area contributed by atoms with Crippen molar-refractivity contribution in [2.75, 3.05) is 10.1 Å². The maximum Gasteiger partial charge on any atom is 0.0588 e. The number of hydrogen-bond donors (Lipinski definition) is 0. The Hall–Kier alpha value is 1.48. The molecule has 0 aliphatic carbocycles. The van der Waals surface area contributed by atoms with Gasteiger partial charge < -0.3 is 5.48 Å². The average molecular weight is 416 g/mol. The predicted octanol–water partition coefficient (Wildman–Crippen LogP) is 3.20. The average Bonchev–Trinajstić information content (AvgIpc) is 1.78. The fourth-order valence-electron chi connectivity index (χ4n) is 0. The highest BCUT2D eigenvalue weighted by molar-refractivity contribution is 9.24. The van der Waals surface area contributed by atoms with Gasteiger partial charge in [-0.1, -0.05) is 55.2 Å². The highest BCUT2D eigenvalue weighted by Gasteiger charge is 1.41. The molecule has 0 fully saturated rings. The van der Waals surface area contributed by atoms with E-state index in [0.29, 0.717) is 0 Å². The summed E-state index contributed by atoms with van der Waals surface area (Å²) in [7, 11) is 0. The highest BCUT2D eigenvalue weighted by atomic mass is 79.9. The molecule has 0 saturated carbocycles. The summed E-state index contributed by atoms with van der Waals surface area (Å²) < 4.78 is 0.875. The summed E-state index contributed by atoms with van der Waals surface area (Å²) in [6, 6.07) is 0. The molecule has 0 bridgehead atoms. The number of hydrogen-bond acceptors (Lipinski definition) is 2. The lowest BCUT2D eigenvalue weighted by atomic mass is 12.0. The summed E-state index contributed by atoms with van der Waals surface area (Å²) in [5.41, 5.74) is 0. The van der Waals surface area contributed by atoms with Gasteiger partial charge in [-0.15, -0.1) is 17.0 Å². The van der Waals surface area contributed by atoms with Crippen molar-refractivity contribution < 1.29 is 5.48 Å². The molecule has 10 heavy (non-hydrogen) atoms. The first-order chi connectivity index (χ1) is 3.41. The van der Waals surface area contributed by atoms with Crippen LogP contribution in [-0.2, 0) is 0 Å². The van der Waals surface area contributed by atoms with Gasteiger partial charge in [0.25, 0.3) is 0 Å². The van der Waals surface area contributed by atoms with E-state index in [1.54, 1.807) is 0 Å². The van der Waals surface area contributed by atoms with E-state index in [0.717, 1.165) is 4.24 Å². The largest absolute Gasteiger partial charge is 0.412 e. The lowest BCUT2D eigenvalue weighted by molar-refractivity contribution is 0.824. The third-order valence-electron chi connectivity index (χ3n) is 0. The van der Waals surface area contributed by atoms with E-state index in [1.165, 1.54) is 0 Å². The number of alkyl halides is 3. The SMILES string of the molecule is Br.BrCBr.C.CBr.O.O=O. The molecule has 0 aliphatic rings. The van der Waals surface area contributed by atoms with E-state index in [-0.39, 0.29) is 29.9 Å². The third-order valence-corrected chi connectivity index (χ3v) is 0. The normalized spacial score (nSPS) is 2.80. The molecule has 0 heterocycles. The summed E-state index contributed by atoms with van der Waals surface area (Å²) in [4.78, 5) is 14.0. The Balaban J connectivity index is -0.00000000536. The Morgan fingerprint density at radius 1 is 1.10 bits per heavy atom. The smallest absolute Gasteiger partial charge is 0.0588 e. The molecule has 0 rings (SSSR count). The number of rotatable bonds is 0. The second kappa shape index (κ2) is 153. The highest BCUT2D eigenvalue weighted by Crippen LogP contribution is 1.83. The van der Waals surface area contributed by atoms with Crippen LogP contribution in [0.4, 0.5) is 0 Å². The van der Waals surface area contributed by atoms with Gasteiger partial charge in [0.15, 0.2) is 0 Å². The molecule has 0 aromatic rings. The Bertz CT molecular complexity index is 19.7. The second-order valence-electron chi connectivity index (χ2n) is 0.101. The standard InChI is InChI=1S/CH2Br2.CH3Br.CH4.BrH.O2.H2O/c2-1-3;1-2;;;1-2;/h1H2;1H3;1H4;1H;;1H2. The molecule has 0 radical (unpaired) electrons. The van der Waals surface area contributed by atoms with Crippen LogP contribution in [0.3, 0.4) is 0 Å². The molecule has 0 amide bonds. The molecule has 3 nitrogen and oxygen atoms in total. The van der Waals surface area contributed by atoms with E-state index >= 15 is 0 Å². The summed E-state index contributed by atoms with van der Waals surface area (Å²) in [6.07, 6.45) is 0.